The zero-order valence-corrected chi connectivity index (χ0v) is 12.1. The molecule has 0 unspecified atom stereocenters. The number of rotatable bonds is 6. The lowest BCUT2D eigenvalue weighted by Crippen LogP contribution is -2.07. The Morgan fingerprint density at radius 2 is 2.05 bits per heavy atom. The van der Waals surface area contributed by atoms with E-state index in [2.05, 4.69) is 23.4 Å². The van der Waals surface area contributed by atoms with E-state index >= 15 is 0 Å². The van der Waals surface area contributed by atoms with Crippen molar-refractivity contribution in [1.29, 1.82) is 0 Å². The molecular formula is C14H23N5. The van der Waals surface area contributed by atoms with Crippen molar-refractivity contribution in [2.75, 3.05) is 5.73 Å². The first-order valence-corrected chi connectivity index (χ1v) is 7.00. The van der Waals surface area contributed by atoms with Gasteiger partial charge in [0, 0.05) is 20.0 Å². The number of aryl methyl sites for hydroxylation is 2. The van der Waals surface area contributed by atoms with Crippen molar-refractivity contribution in [2.45, 2.75) is 46.1 Å². The molecule has 0 spiro atoms. The Balaban J connectivity index is 2.42. The molecule has 2 aromatic heterocycles. The molecule has 0 saturated carbocycles. The molecule has 0 atom stereocenters. The molecular weight excluding hydrogens is 238 g/mol. The summed E-state index contributed by atoms with van der Waals surface area (Å²) >= 11 is 0. The highest BCUT2D eigenvalue weighted by Crippen LogP contribution is 2.26. The van der Waals surface area contributed by atoms with Gasteiger partial charge in [-0.05, 0) is 12.8 Å². The van der Waals surface area contributed by atoms with Crippen molar-refractivity contribution < 1.29 is 0 Å². The van der Waals surface area contributed by atoms with Gasteiger partial charge in [-0.25, -0.2) is 9.97 Å². The smallest absolute Gasteiger partial charge is 0.133 e. The van der Waals surface area contributed by atoms with Crippen molar-refractivity contribution in [1.82, 2.24) is 19.1 Å². The number of nitrogens with two attached hydrogens (primary N) is 1. The summed E-state index contributed by atoms with van der Waals surface area (Å²) in [6.07, 6.45) is 7.92. The summed E-state index contributed by atoms with van der Waals surface area (Å²) in [6.45, 7) is 5.30. The molecule has 2 aromatic rings. The number of hydrogen-bond acceptors (Lipinski definition) is 3. The van der Waals surface area contributed by atoms with Crippen molar-refractivity contribution >= 4 is 5.82 Å². The summed E-state index contributed by atoms with van der Waals surface area (Å²) in [5.41, 5.74) is 8.13. The molecule has 0 amide bonds. The maximum absolute atomic E-state index is 6.29. The zero-order valence-electron chi connectivity index (χ0n) is 12.1. The third kappa shape index (κ3) is 2.64. The molecule has 0 fully saturated rings. The zero-order chi connectivity index (χ0) is 13.8. The molecule has 5 nitrogen and oxygen atoms in total. The summed E-state index contributed by atoms with van der Waals surface area (Å²) in [5, 5.41) is 0. The van der Waals surface area contributed by atoms with Crippen LogP contribution in [0.25, 0.3) is 11.4 Å². The molecule has 104 valence electrons. The molecule has 0 aromatic carbocycles. The molecule has 5 heteroatoms. The van der Waals surface area contributed by atoms with Crippen molar-refractivity contribution in [3.8, 4) is 11.4 Å². The summed E-state index contributed by atoms with van der Waals surface area (Å²) in [7, 11) is 1.96. The Morgan fingerprint density at radius 3 is 2.63 bits per heavy atom. The number of imidazole rings is 2. The standard InChI is InChI=1S/C14H23N5/c1-4-6-8-19-12(7-5-2)17-13(14(19)15)11-9-16-10-18(11)3/h9-10H,4-8,15H2,1-3H3. The first-order valence-electron chi connectivity index (χ1n) is 7.00. The van der Waals surface area contributed by atoms with Gasteiger partial charge in [0.25, 0.3) is 0 Å². The lowest BCUT2D eigenvalue weighted by atomic mass is 10.3. The van der Waals surface area contributed by atoms with Crippen LogP contribution in [0.4, 0.5) is 5.82 Å². The van der Waals surface area contributed by atoms with Crippen LogP contribution in [0.1, 0.15) is 38.9 Å². The predicted octanol–water partition coefficient (Wildman–Crippen LogP) is 2.62. The monoisotopic (exact) mass is 261 g/mol. The van der Waals surface area contributed by atoms with Gasteiger partial charge < -0.3 is 14.9 Å². The fourth-order valence-electron chi connectivity index (χ4n) is 2.27. The Labute approximate surface area is 114 Å². The molecule has 0 radical (unpaired) electrons. The van der Waals surface area contributed by atoms with E-state index in [4.69, 9.17) is 10.7 Å². The van der Waals surface area contributed by atoms with E-state index in [-0.39, 0.29) is 0 Å². The SMILES string of the molecule is CCCCn1c(CCC)nc(-c2cncn2C)c1N. The third-order valence-corrected chi connectivity index (χ3v) is 3.35. The van der Waals surface area contributed by atoms with Gasteiger partial charge in [-0.15, -0.1) is 0 Å². The largest absolute Gasteiger partial charge is 0.383 e. The average molecular weight is 261 g/mol. The van der Waals surface area contributed by atoms with Gasteiger partial charge >= 0.3 is 0 Å². The molecule has 2 rings (SSSR count). The maximum atomic E-state index is 6.29. The van der Waals surface area contributed by atoms with E-state index in [1.54, 1.807) is 6.33 Å². The second kappa shape index (κ2) is 5.91. The topological polar surface area (TPSA) is 61.7 Å². The number of nitrogen functional groups attached to an aromatic ring is 1. The van der Waals surface area contributed by atoms with Crippen LogP contribution in [-0.2, 0) is 20.0 Å². The highest BCUT2D eigenvalue weighted by atomic mass is 15.2. The summed E-state index contributed by atoms with van der Waals surface area (Å²) in [4.78, 5) is 8.88. The summed E-state index contributed by atoms with van der Waals surface area (Å²) < 4.78 is 4.12. The van der Waals surface area contributed by atoms with Gasteiger partial charge in [0.15, 0.2) is 0 Å². The molecule has 19 heavy (non-hydrogen) atoms. The predicted molar refractivity (Wildman–Crippen MR) is 77.7 cm³/mol. The number of aromatic nitrogens is 4. The van der Waals surface area contributed by atoms with Gasteiger partial charge in [0.2, 0.25) is 0 Å². The van der Waals surface area contributed by atoms with E-state index in [1.165, 1.54) is 0 Å². The second-order valence-corrected chi connectivity index (χ2v) is 4.91. The Hall–Kier alpha value is -1.78. The highest BCUT2D eigenvalue weighted by molar-refractivity contribution is 5.67. The van der Waals surface area contributed by atoms with E-state index in [1.807, 2.05) is 17.8 Å². The fourth-order valence-corrected chi connectivity index (χ4v) is 2.27. The molecule has 0 aliphatic carbocycles. The lowest BCUT2D eigenvalue weighted by molar-refractivity contribution is 0.604. The van der Waals surface area contributed by atoms with Crippen LogP contribution in [0.2, 0.25) is 0 Å². The van der Waals surface area contributed by atoms with E-state index in [0.29, 0.717) is 0 Å². The molecule has 0 bridgehead atoms. The van der Waals surface area contributed by atoms with Crippen LogP contribution in [0.5, 0.6) is 0 Å². The first-order chi connectivity index (χ1) is 9.19. The molecule has 2 N–H and O–H groups in total. The first kappa shape index (κ1) is 13.6. The maximum Gasteiger partial charge on any atom is 0.133 e. The van der Waals surface area contributed by atoms with Crippen molar-refractivity contribution in [2.24, 2.45) is 7.05 Å². The molecule has 0 aliphatic heterocycles. The van der Waals surface area contributed by atoms with E-state index in [0.717, 1.165) is 55.3 Å². The van der Waals surface area contributed by atoms with Crippen LogP contribution in [0, 0.1) is 0 Å². The van der Waals surface area contributed by atoms with Crippen LogP contribution < -0.4 is 5.73 Å². The summed E-state index contributed by atoms with van der Waals surface area (Å²) in [6, 6.07) is 0. The van der Waals surface area contributed by atoms with Crippen molar-refractivity contribution in [3.63, 3.8) is 0 Å². The van der Waals surface area contributed by atoms with Gasteiger partial charge in [-0.2, -0.15) is 0 Å². The Kier molecular flexibility index (Phi) is 4.24. The Bertz CT molecular complexity index is 538. The molecule has 2 heterocycles. The van der Waals surface area contributed by atoms with Crippen LogP contribution in [0.3, 0.4) is 0 Å². The van der Waals surface area contributed by atoms with Gasteiger partial charge in [-0.1, -0.05) is 20.3 Å². The quantitative estimate of drug-likeness (QED) is 0.869. The average Bonchev–Trinajstić information content (AvgIpc) is 2.93. The lowest BCUT2D eigenvalue weighted by Gasteiger charge is -2.08. The number of anilines is 1. The van der Waals surface area contributed by atoms with Gasteiger partial charge in [-0.3, -0.25) is 0 Å². The summed E-state index contributed by atoms with van der Waals surface area (Å²) in [5.74, 6) is 1.85. The minimum absolute atomic E-state index is 0.764. The third-order valence-electron chi connectivity index (χ3n) is 3.35. The number of nitrogens with zero attached hydrogens (tertiary/aromatic N) is 4. The van der Waals surface area contributed by atoms with Crippen LogP contribution in [0.15, 0.2) is 12.5 Å². The van der Waals surface area contributed by atoms with Crippen molar-refractivity contribution in [3.05, 3.63) is 18.3 Å². The van der Waals surface area contributed by atoms with E-state index in [9.17, 15) is 0 Å². The minimum atomic E-state index is 0.764. The minimum Gasteiger partial charge on any atom is -0.383 e. The number of hydrogen-bond donors (Lipinski definition) is 1. The van der Waals surface area contributed by atoms with Crippen LogP contribution in [-0.4, -0.2) is 19.1 Å². The highest BCUT2D eigenvalue weighted by Gasteiger charge is 2.17. The van der Waals surface area contributed by atoms with Gasteiger partial charge in [0.05, 0.1) is 18.2 Å². The van der Waals surface area contributed by atoms with E-state index < -0.39 is 0 Å². The normalized spacial score (nSPS) is 11.1. The van der Waals surface area contributed by atoms with Gasteiger partial charge in [0.1, 0.15) is 17.3 Å². The number of unbranched alkanes of at least 4 members (excludes halogenated alkanes) is 1. The fraction of sp³-hybridized carbons (Fsp3) is 0.571. The molecule has 0 saturated heterocycles. The molecule has 0 aliphatic rings. The van der Waals surface area contributed by atoms with Crippen LogP contribution >= 0.6 is 0 Å². The second-order valence-electron chi connectivity index (χ2n) is 4.91. The Morgan fingerprint density at radius 1 is 1.26 bits per heavy atom.